The monoisotopic (exact) mass is 349 g/mol. The van der Waals surface area contributed by atoms with E-state index < -0.39 is 12.1 Å². The van der Waals surface area contributed by atoms with E-state index in [0.29, 0.717) is 12.2 Å². The number of Topliss-reactive ketones (excluding diaryl/α,β-unsaturated/α-hetero) is 1. The molecule has 1 rings (SSSR count). The zero-order valence-corrected chi connectivity index (χ0v) is 15.8. The molecule has 0 heterocycles. The van der Waals surface area contributed by atoms with E-state index in [1.165, 1.54) is 13.8 Å². The topological polar surface area (TPSA) is 81.7 Å². The summed E-state index contributed by atoms with van der Waals surface area (Å²) in [6.45, 7) is 10.5. The van der Waals surface area contributed by atoms with E-state index in [4.69, 9.17) is 9.47 Å². The average Bonchev–Trinajstić information content (AvgIpc) is 2.47. The lowest BCUT2D eigenvalue weighted by Gasteiger charge is -2.18. The fourth-order valence-corrected chi connectivity index (χ4v) is 2.56. The van der Waals surface area contributed by atoms with Gasteiger partial charge in [0.1, 0.15) is 12.4 Å². The first kappa shape index (κ1) is 20.7. The number of alkyl carbamates (subject to hydrolysis) is 1. The number of ether oxygens (including phenoxy) is 2. The number of esters is 1. The molecule has 0 bridgehead atoms. The fraction of sp³-hybridized carbons (Fsp3) is 0.526. The van der Waals surface area contributed by atoms with Crippen molar-refractivity contribution in [2.24, 2.45) is 5.92 Å². The third kappa shape index (κ3) is 6.95. The number of amides is 1. The van der Waals surface area contributed by atoms with Crippen LogP contribution in [0, 0.1) is 19.8 Å². The molecule has 1 aromatic rings. The summed E-state index contributed by atoms with van der Waals surface area (Å²) >= 11 is 0. The predicted octanol–water partition coefficient (Wildman–Crippen LogP) is 3.46. The molecule has 1 N–H and O–H groups in total. The van der Waals surface area contributed by atoms with Gasteiger partial charge in [0.25, 0.3) is 0 Å². The smallest absolute Gasteiger partial charge is 0.408 e. The minimum Gasteiger partial charge on any atom is -0.445 e. The summed E-state index contributed by atoms with van der Waals surface area (Å²) in [5.41, 5.74) is 2.36. The average molecular weight is 349 g/mol. The Morgan fingerprint density at radius 3 is 2.08 bits per heavy atom. The van der Waals surface area contributed by atoms with Gasteiger partial charge in [0, 0.05) is 6.92 Å². The van der Waals surface area contributed by atoms with Crippen molar-refractivity contribution in [3.63, 3.8) is 0 Å². The normalized spacial score (nSPS) is 11.8. The fourth-order valence-electron chi connectivity index (χ4n) is 2.56. The number of hydrogen-bond acceptors (Lipinski definition) is 5. The van der Waals surface area contributed by atoms with Crippen LogP contribution in [-0.4, -0.2) is 23.9 Å². The Balaban J connectivity index is 2.69. The van der Waals surface area contributed by atoms with Crippen LogP contribution in [0.15, 0.2) is 12.1 Å². The first-order valence-corrected chi connectivity index (χ1v) is 8.32. The number of benzene rings is 1. The van der Waals surface area contributed by atoms with Crippen LogP contribution in [0.2, 0.25) is 0 Å². The molecule has 25 heavy (non-hydrogen) atoms. The van der Waals surface area contributed by atoms with E-state index in [0.717, 1.165) is 16.7 Å². The van der Waals surface area contributed by atoms with Crippen molar-refractivity contribution in [2.75, 3.05) is 0 Å². The molecular weight excluding hydrogens is 322 g/mol. The molecule has 0 radical (unpaired) electrons. The second-order valence-electron chi connectivity index (χ2n) is 6.67. The molecule has 6 heteroatoms. The summed E-state index contributed by atoms with van der Waals surface area (Å²) in [5, 5.41) is 2.60. The summed E-state index contributed by atoms with van der Waals surface area (Å²) < 4.78 is 10.4. The van der Waals surface area contributed by atoms with Crippen LogP contribution >= 0.6 is 0 Å². The molecule has 0 aliphatic carbocycles. The molecule has 0 saturated heterocycles. The second-order valence-corrected chi connectivity index (χ2v) is 6.67. The van der Waals surface area contributed by atoms with E-state index in [9.17, 15) is 14.4 Å². The van der Waals surface area contributed by atoms with Crippen molar-refractivity contribution in [1.82, 2.24) is 5.32 Å². The van der Waals surface area contributed by atoms with Gasteiger partial charge in [-0.25, -0.2) is 4.79 Å². The molecule has 0 aromatic heterocycles. The van der Waals surface area contributed by atoms with Gasteiger partial charge >= 0.3 is 12.1 Å². The van der Waals surface area contributed by atoms with Gasteiger partial charge in [-0.15, -0.1) is 0 Å². The van der Waals surface area contributed by atoms with Crippen LogP contribution < -0.4 is 10.1 Å². The highest BCUT2D eigenvalue weighted by atomic mass is 16.5. The molecule has 0 spiro atoms. The van der Waals surface area contributed by atoms with Gasteiger partial charge in [-0.1, -0.05) is 13.8 Å². The molecular formula is C19H27NO5. The van der Waals surface area contributed by atoms with Crippen molar-refractivity contribution in [1.29, 1.82) is 0 Å². The van der Waals surface area contributed by atoms with E-state index in [-0.39, 0.29) is 24.3 Å². The highest BCUT2D eigenvalue weighted by molar-refractivity contribution is 5.85. The second kappa shape index (κ2) is 9.20. The standard InChI is InChI=1S/C19H27NO5/c1-11(2)7-17(14(5)21)20-19(23)24-10-16-8-12(3)18(13(4)9-16)25-15(6)22/h8-9,11,17H,7,10H2,1-6H3,(H,20,23). The Labute approximate surface area is 148 Å². The molecule has 0 saturated carbocycles. The van der Waals surface area contributed by atoms with Crippen molar-refractivity contribution in [2.45, 2.75) is 60.6 Å². The maximum Gasteiger partial charge on any atom is 0.408 e. The van der Waals surface area contributed by atoms with E-state index in [2.05, 4.69) is 5.32 Å². The number of ketones is 1. The summed E-state index contributed by atoms with van der Waals surface area (Å²) in [7, 11) is 0. The molecule has 0 aliphatic heterocycles. The van der Waals surface area contributed by atoms with Crippen molar-refractivity contribution >= 4 is 17.8 Å². The molecule has 1 aromatic carbocycles. The zero-order valence-electron chi connectivity index (χ0n) is 15.8. The molecule has 1 unspecified atom stereocenters. The van der Waals surface area contributed by atoms with Crippen LogP contribution in [0.5, 0.6) is 5.75 Å². The third-order valence-electron chi connectivity index (χ3n) is 3.63. The van der Waals surface area contributed by atoms with E-state index in [1.54, 1.807) is 12.1 Å². The molecule has 138 valence electrons. The number of nitrogens with one attached hydrogen (secondary N) is 1. The quantitative estimate of drug-likeness (QED) is 0.602. The Morgan fingerprint density at radius 2 is 1.64 bits per heavy atom. The summed E-state index contributed by atoms with van der Waals surface area (Å²) in [6, 6.07) is 3.06. The number of hydrogen-bond donors (Lipinski definition) is 1. The van der Waals surface area contributed by atoms with Gasteiger partial charge in [0.05, 0.1) is 6.04 Å². The minimum absolute atomic E-state index is 0.0696. The number of carbonyl (C=O) groups is 3. The van der Waals surface area contributed by atoms with Gasteiger partial charge in [-0.3, -0.25) is 9.59 Å². The summed E-state index contributed by atoms with van der Waals surface area (Å²) in [6.07, 6.45) is -0.0556. The van der Waals surface area contributed by atoms with Crippen LogP contribution in [0.1, 0.15) is 50.8 Å². The van der Waals surface area contributed by atoms with Crippen molar-refractivity contribution in [3.05, 3.63) is 28.8 Å². The van der Waals surface area contributed by atoms with E-state index in [1.807, 2.05) is 27.7 Å². The molecule has 0 aliphatic rings. The summed E-state index contributed by atoms with van der Waals surface area (Å²) in [4.78, 5) is 34.7. The maximum atomic E-state index is 11.9. The predicted molar refractivity (Wildman–Crippen MR) is 94.5 cm³/mol. The lowest BCUT2D eigenvalue weighted by molar-refractivity contribution is -0.132. The van der Waals surface area contributed by atoms with Gasteiger partial charge in [0.2, 0.25) is 0 Å². The molecule has 1 atom stereocenters. The Morgan fingerprint density at radius 1 is 1.08 bits per heavy atom. The highest BCUT2D eigenvalue weighted by Crippen LogP contribution is 2.25. The van der Waals surface area contributed by atoms with Crippen LogP contribution in [-0.2, 0) is 20.9 Å². The van der Waals surface area contributed by atoms with Crippen molar-refractivity contribution < 1.29 is 23.9 Å². The lowest BCUT2D eigenvalue weighted by Crippen LogP contribution is -2.40. The Kier molecular flexibility index (Phi) is 7.61. The molecule has 6 nitrogen and oxygen atoms in total. The van der Waals surface area contributed by atoms with Gasteiger partial charge < -0.3 is 14.8 Å². The van der Waals surface area contributed by atoms with Gasteiger partial charge in [0.15, 0.2) is 5.78 Å². The lowest BCUT2D eigenvalue weighted by atomic mass is 10.0. The maximum absolute atomic E-state index is 11.9. The number of aryl methyl sites for hydroxylation is 2. The van der Waals surface area contributed by atoms with Crippen LogP contribution in [0.4, 0.5) is 4.79 Å². The Bertz CT molecular complexity index is 628. The largest absolute Gasteiger partial charge is 0.445 e. The Hall–Kier alpha value is -2.37. The van der Waals surface area contributed by atoms with E-state index >= 15 is 0 Å². The number of rotatable bonds is 7. The first-order valence-electron chi connectivity index (χ1n) is 8.32. The molecule has 0 fully saturated rings. The van der Waals surface area contributed by atoms with Crippen LogP contribution in [0.3, 0.4) is 0 Å². The van der Waals surface area contributed by atoms with Gasteiger partial charge in [-0.2, -0.15) is 0 Å². The SMILES string of the molecule is CC(=O)Oc1c(C)cc(COC(=O)NC(CC(C)C)C(C)=O)cc1C. The van der Waals surface area contributed by atoms with Crippen molar-refractivity contribution in [3.8, 4) is 5.75 Å². The molecule has 1 amide bonds. The van der Waals surface area contributed by atoms with Gasteiger partial charge in [-0.05, 0) is 61.9 Å². The van der Waals surface area contributed by atoms with Crippen LogP contribution in [0.25, 0.3) is 0 Å². The number of carbonyl (C=O) groups excluding carboxylic acids is 3. The minimum atomic E-state index is -0.625. The third-order valence-corrected chi connectivity index (χ3v) is 3.63. The highest BCUT2D eigenvalue weighted by Gasteiger charge is 2.19. The zero-order chi connectivity index (χ0) is 19.1. The summed E-state index contributed by atoms with van der Waals surface area (Å²) in [5.74, 6) is 0.334. The first-order chi connectivity index (χ1) is 11.6.